The maximum Gasteiger partial charge on any atom is 0.269 e. The van der Waals surface area contributed by atoms with Crippen molar-refractivity contribution < 1.29 is 14.5 Å². The number of thioether (sulfide) groups is 1. The normalized spacial score (nSPS) is 17.9. The topological polar surface area (TPSA) is 83.8 Å². The lowest BCUT2D eigenvalue weighted by Gasteiger charge is -2.44. The summed E-state index contributed by atoms with van der Waals surface area (Å²) in [5.41, 5.74) is 1.08. The Labute approximate surface area is 186 Å². The number of non-ortho nitro benzene ring substituents is 1. The predicted octanol–water partition coefficient (Wildman–Crippen LogP) is 4.18. The number of carbonyl (C=O) groups is 2. The van der Waals surface area contributed by atoms with Gasteiger partial charge in [-0.1, -0.05) is 15.9 Å². The quantitative estimate of drug-likeness (QED) is 0.476. The number of amides is 2. The predicted molar refractivity (Wildman–Crippen MR) is 119 cm³/mol. The molecule has 7 nitrogen and oxygen atoms in total. The molecule has 30 heavy (non-hydrogen) atoms. The molecule has 0 aliphatic carbocycles. The van der Waals surface area contributed by atoms with Crippen molar-refractivity contribution in [2.24, 2.45) is 0 Å². The zero-order chi connectivity index (χ0) is 21.3. The van der Waals surface area contributed by atoms with Crippen LogP contribution in [0.1, 0.15) is 33.6 Å². The SMILES string of the molecule is O=C(c1ccc([N+](=O)[O-])cc1)N1CCC2(CC1)SCCN2C(=O)c1ccc(Br)cc1. The summed E-state index contributed by atoms with van der Waals surface area (Å²) in [7, 11) is 0. The first-order valence-corrected chi connectivity index (χ1v) is 11.4. The zero-order valence-electron chi connectivity index (χ0n) is 16.1. The van der Waals surface area contributed by atoms with Gasteiger partial charge in [-0.25, -0.2) is 0 Å². The average molecular weight is 490 g/mol. The molecule has 2 heterocycles. The number of benzene rings is 2. The number of nitrogens with zero attached hydrogens (tertiary/aromatic N) is 3. The Bertz CT molecular complexity index is 973. The summed E-state index contributed by atoms with van der Waals surface area (Å²) in [6, 6.07) is 13.1. The highest BCUT2D eigenvalue weighted by Crippen LogP contribution is 2.44. The Morgan fingerprint density at radius 1 is 0.933 bits per heavy atom. The summed E-state index contributed by atoms with van der Waals surface area (Å²) in [5.74, 6) is 0.787. The molecule has 9 heteroatoms. The maximum atomic E-state index is 13.1. The average Bonchev–Trinajstić information content (AvgIpc) is 3.16. The van der Waals surface area contributed by atoms with Crippen LogP contribution in [0.2, 0.25) is 0 Å². The van der Waals surface area contributed by atoms with Gasteiger partial charge in [0.25, 0.3) is 17.5 Å². The number of likely N-dealkylation sites (tertiary alicyclic amines) is 1. The van der Waals surface area contributed by atoms with Gasteiger partial charge < -0.3 is 9.80 Å². The van der Waals surface area contributed by atoms with E-state index in [0.717, 1.165) is 10.2 Å². The highest BCUT2D eigenvalue weighted by atomic mass is 79.9. The molecular formula is C21H20BrN3O4S. The summed E-state index contributed by atoms with van der Waals surface area (Å²) in [6.45, 7) is 1.80. The van der Waals surface area contributed by atoms with Crippen molar-refractivity contribution in [1.82, 2.24) is 9.80 Å². The van der Waals surface area contributed by atoms with Crippen LogP contribution in [0.5, 0.6) is 0 Å². The Hall–Kier alpha value is -2.39. The molecule has 0 N–H and O–H groups in total. The van der Waals surface area contributed by atoms with E-state index in [1.165, 1.54) is 24.3 Å². The molecule has 0 bridgehead atoms. The lowest BCUT2D eigenvalue weighted by Crippen LogP contribution is -2.53. The van der Waals surface area contributed by atoms with Crippen LogP contribution in [0.4, 0.5) is 5.69 Å². The van der Waals surface area contributed by atoms with Gasteiger partial charge in [0.15, 0.2) is 0 Å². The van der Waals surface area contributed by atoms with E-state index in [1.807, 2.05) is 29.2 Å². The highest BCUT2D eigenvalue weighted by Gasteiger charge is 2.47. The molecule has 2 amide bonds. The van der Waals surface area contributed by atoms with Crippen molar-refractivity contribution in [3.63, 3.8) is 0 Å². The van der Waals surface area contributed by atoms with E-state index in [2.05, 4.69) is 15.9 Å². The Morgan fingerprint density at radius 2 is 1.50 bits per heavy atom. The fraction of sp³-hybridized carbons (Fsp3) is 0.333. The number of hydrogen-bond donors (Lipinski definition) is 0. The van der Waals surface area contributed by atoms with Gasteiger partial charge in [0.1, 0.15) is 0 Å². The van der Waals surface area contributed by atoms with Gasteiger partial charge in [-0.2, -0.15) is 0 Å². The molecule has 0 atom stereocenters. The molecule has 2 aliphatic heterocycles. The molecular weight excluding hydrogens is 470 g/mol. The number of rotatable bonds is 3. The summed E-state index contributed by atoms with van der Waals surface area (Å²) in [5, 5.41) is 10.8. The van der Waals surface area contributed by atoms with Crippen LogP contribution in [0, 0.1) is 10.1 Å². The molecule has 0 unspecified atom stereocenters. The molecule has 1 spiro atoms. The van der Waals surface area contributed by atoms with Crippen molar-refractivity contribution in [3.05, 3.63) is 74.2 Å². The standard InChI is InChI=1S/C21H20BrN3O4S/c22-17-5-1-16(2-6-17)20(27)24-13-14-30-21(24)9-11-23(12-10-21)19(26)15-3-7-18(8-4-15)25(28)29/h1-8H,9-14H2. The number of nitro groups is 1. The maximum absolute atomic E-state index is 13.1. The second-order valence-electron chi connectivity index (χ2n) is 7.35. The first kappa shape index (κ1) is 20.9. The lowest BCUT2D eigenvalue weighted by molar-refractivity contribution is -0.384. The third-order valence-corrected chi connectivity index (χ3v) is 7.75. The fourth-order valence-electron chi connectivity index (χ4n) is 4.03. The molecule has 2 aromatic rings. The van der Waals surface area contributed by atoms with Crippen LogP contribution < -0.4 is 0 Å². The summed E-state index contributed by atoms with van der Waals surface area (Å²) in [4.78, 5) is 39.7. The minimum Gasteiger partial charge on any atom is -0.338 e. The van der Waals surface area contributed by atoms with E-state index in [4.69, 9.17) is 0 Å². The van der Waals surface area contributed by atoms with E-state index >= 15 is 0 Å². The van der Waals surface area contributed by atoms with E-state index < -0.39 is 4.92 Å². The van der Waals surface area contributed by atoms with E-state index in [0.29, 0.717) is 43.6 Å². The summed E-state index contributed by atoms with van der Waals surface area (Å²) >= 11 is 5.20. The third-order valence-electron chi connectivity index (χ3n) is 5.67. The van der Waals surface area contributed by atoms with E-state index in [1.54, 1.807) is 16.7 Å². The van der Waals surface area contributed by atoms with Gasteiger partial charge in [-0.15, -0.1) is 11.8 Å². The smallest absolute Gasteiger partial charge is 0.269 e. The monoisotopic (exact) mass is 489 g/mol. The first-order valence-electron chi connectivity index (χ1n) is 9.65. The van der Waals surface area contributed by atoms with Crippen LogP contribution in [0.3, 0.4) is 0 Å². The Balaban J connectivity index is 1.44. The Kier molecular flexibility index (Phi) is 5.84. The van der Waals surface area contributed by atoms with Gasteiger partial charge in [-0.05, 0) is 49.2 Å². The minimum atomic E-state index is -0.479. The lowest BCUT2D eigenvalue weighted by atomic mass is 10.00. The molecule has 2 aliphatic rings. The van der Waals surface area contributed by atoms with Gasteiger partial charge in [0.2, 0.25) is 0 Å². The summed E-state index contributed by atoms with van der Waals surface area (Å²) in [6.07, 6.45) is 1.41. The van der Waals surface area contributed by atoms with Crippen molar-refractivity contribution in [3.8, 4) is 0 Å². The van der Waals surface area contributed by atoms with Crippen molar-refractivity contribution in [1.29, 1.82) is 0 Å². The van der Waals surface area contributed by atoms with Gasteiger partial charge in [-0.3, -0.25) is 19.7 Å². The molecule has 2 saturated heterocycles. The van der Waals surface area contributed by atoms with E-state index in [-0.39, 0.29) is 22.4 Å². The number of nitro benzene ring substituents is 1. The molecule has 0 aromatic heterocycles. The molecule has 2 aromatic carbocycles. The van der Waals surface area contributed by atoms with Crippen LogP contribution in [-0.2, 0) is 0 Å². The van der Waals surface area contributed by atoms with Gasteiger partial charge in [0, 0.05) is 53.1 Å². The van der Waals surface area contributed by atoms with Gasteiger partial charge >= 0.3 is 0 Å². The minimum absolute atomic E-state index is 0.0302. The van der Waals surface area contributed by atoms with Crippen LogP contribution >= 0.6 is 27.7 Å². The molecule has 0 saturated carbocycles. The van der Waals surface area contributed by atoms with Crippen LogP contribution in [-0.4, -0.2) is 56.8 Å². The number of halogens is 1. The van der Waals surface area contributed by atoms with Gasteiger partial charge in [0.05, 0.1) is 9.79 Å². The van der Waals surface area contributed by atoms with Crippen molar-refractivity contribution >= 4 is 45.2 Å². The molecule has 2 fully saturated rings. The number of piperidine rings is 1. The Morgan fingerprint density at radius 3 is 2.10 bits per heavy atom. The molecule has 156 valence electrons. The third kappa shape index (κ3) is 3.96. The van der Waals surface area contributed by atoms with E-state index in [9.17, 15) is 19.7 Å². The van der Waals surface area contributed by atoms with Crippen molar-refractivity contribution in [2.45, 2.75) is 17.7 Å². The highest BCUT2D eigenvalue weighted by molar-refractivity contribution is 9.10. The van der Waals surface area contributed by atoms with Crippen LogP contribution in [0.25, 0.3) is 0 Å². The molecule has 0 radical (unpaired) electrons. The second-order valence-corrected chi connectivity index (χ2v) is 9.73. The first-order chi connectivity index (χ1) is 14.4. The number of carbonyl (C=O) groups excluding carboxylic acids is 2. The second kappa shape index (κ2) is 8.39. The zero-order valence-corrected chi connectivity index (χ0v) is 18.5. The van der Waals surface area contributed by atoms with Crippen LogP contribution in [0.15, 0.2) is 53.0 Å². The number of hydrogen-bond acceptors (Lipinski definition) is 5. The largest absolute Gasteiger partial charge is 0.338 e. The fourth-order valence-corrected chi connectivity index (χ4v) is 5.74. The summed E-state index contributed by atoms with van der Waals surface area (Å²) < 4.78 is 0.933. The molecule has 4 rings (SSSR count). The van der Waals surface area contributed by atoms with Crippen molar-refractivity contribution in [2.75, 3.05) is 25.4 Å².